The molecule has 1 amide bonds. The van der Waals surface area contributed by atoms with Gasteiger partial charge in [0, 0.05) is 31.6 Å². The van der Waals surface area contributed by atoms with Gasteiger partial charge in [-0.25, -0.2) is 0 Å². The van der Waals surface area contributed by atoms with Crippen molar-refractivity contribution in [3.8, 4) is 0 Å². The third-order valence-corrected chi connectivity index (χ3v) is 5.01. The number of carbonyl (C=O) groups excluding carboxylic acids is 1. The Morgan fingerprint density at radius 2 is 1.84 bits per heavy atom. The van der Waals surface area contributed by atoms with Crippen LogP contribution in [0.1, 0.15) is 22.6 Å². The standard InChI is InChI=1S/C21H27N3O/c1-16-7-5-6-8-17(16)11-12-23-21(25)15-24-13-19(20(22)14-24)18-9-3-2-4-10-18/h2-10,19-20H,11-15,22H2,1H3,(H,23,25)/t19-,20+/m0/s1. The van der Waals surface area contributed by atoms with Crippen LogP contribution in [0.3, 0.4) is 0 Å². The van der Waals surface area contributed by atoms with Gasteiger partial charge < -0.3 is 11.1 Å². The first kappa shape index (κ1) is 17.6. The van der Waals surface area contributed by atoms with Crippen molar-refractivity contribution in [2.45, 2.75) is 25.3 Å². The monoisotopic (exact) mass is 337 g/mol. The molecule has 0 aliphatic carbocycles. The van der Waals surface area contributed by atoms with Crippen LogP contribution in [0.4, 0.5) is 0 Å². The molecule has 1 heterocycles. The fourth-order valence-electron chi connectivity index (χ4n) is 3.58. The number of amides is 1. The van der Waals surface area contributed by atoms with Gasteiger partial charge in [0.15, 0.2) is 0 Å². The number of likely N-dealkylation sites (tertiary alicyclic amines) is 1. The fourth-order valence-corrected chi connectivity index (χ4v) is 3.58. The Labute approximate surface area is 150 Å². The molecule has 0 saturated carbocycles. The van der Waals surface area contributed by atoms with Crippen molar-refractivity contribution < 1.29 is 4.79 Å². The summed E-state index contributed by atoms with van der Waals surface area (Å²) in [5.41, 5.74) is 10.1. The maximum atomic E-state index is 12.2. The van der Waals surface area contributed by atoms with Gasteiger partial charge in [-0.3, -0.25) is 9.69 Å². The average molecular weight is 337 g/mol. The van der Waals surface area contributed by atoms with Crippen LogP contribution >= 0.6 is 0 Å². The molecule has 0 spiro atoms. The van der Waals surface area contributed by atoms with Gasteiger partial charge in [-0.2, -0.15) is 0 Å². The molecule has 3 N–H and O–H groups in total. The van der Waals surface area contributed by atoms with Crippen molar-refractivity contribution in [1.82, 2.24) is 10.2 Å². The van der Waals surface area contributed by atoms with Crippen LogP contribution in [-0.4, -0.2) is 43.0 Å². The highest BCUT2D eigenvalue weighted by Crippen LogP contribution is 2.25. The molecular weight excluding hydrogens is 310 g/mol. The molecule has 3 rings (SSSR count). The highest BCUT2D eigenvalue weighted by Gasteiger charge is 2.31. The Hall–Kier alpha value is -2.17. The van der Waals surface area contributed by atoms with Gasteiger partial charge in [-0.05, 0) is 30.0 Å². The molecule has 132 valence electrons. The number of carbonyl (C=O) groups is 1. The van der Waals surface area contributed by atoms with Gasteiger partial charge in [-0.1, -0.05) is 54.6 Å². The van der Waals surface area contributed by atoms with E-state index >= 15 is 0 Å². The van der Waals surface area contributed by atoms with Crippen LogP contribution in [-0.2, 0) is 11.2 Å². The lowest BCUT2D eigenvalue weighted by Crippen LogP contribution is -2.38. The second kappa shape index (κ2) is 8.28. The molecule has 2 aromatic rings. The summed E-state index contributed by atoms with van der Waals surface area (Å²) in [6.45, 7) is 4.81. The zero-order valence-electron chi connectivity index (χ0n) is 14.8. The Balaban J connectivity index is 1.45. The molecule has 25 heavy (non-hydrogen) atoms. The summed E-state index contributed by atoms with van der Waals surface area (Å²) in [6.07, 6.45) is 0.866. The van der Waals surface area contributed by atoms with E-state index in [-0.39, 0.29) is 11.9 Å². The molecule has 1 fully saturated rings. The molecule has 1 aliphatic rings. The quantitative estimate of drug-likeness (QED) is 0.848. The van der Waals surface area contributed by atoms with Crippen molar-refractivity contribution >= 4 is 5.91 Å². The number of benzene rings is 2. The van der Waals surface area contributed by atoms with Crippen LogP contribution in [0.5, 0.6) is 0 Å². The largest absolute Gasteiger partial charge is 0.355 e. The van der Waals surface area contributed by atoms with Gasteiger partial charge in [-0.15, -0.1) is 0 Å². The maximum absolute atomic E-state index is 12.2. The Morgan fingerprint density at radius 1 is 1.12 bits per heavy atom. The van der Waals surface area contributed by atoms with Crippen molar-refractivity contribution in [2.24, 2.45) is 5.73 Å². The van der Waals surface area contributed by atoms with E-state index in [1.54, 1.807) is 0 Å². The molecule has 2 atom stereocenters. The summed E-state index contributed by atoms with van der Waals surface area (Å²) >= 11 is 0. The van der Waals surface area contributed by atoms with E-state index in [4.69, 9.17) is 5.73 Å². The molecule has 0 aromatic heterocycles. The third-order valence-electron chi connectivity index (χ3n) is 5.01. The predicted octanol–water partition coefficient (Wildman–Crippen LogP) is 2.08. The van der Waals surface area contributed by atoms with Gasteiger partial charge in [0.25, 0.3) is 0 Å². The smallest absolute Gasteiger partial charge is 0.234 e. The topological polar surface area (TPSA) is 58.4 Å². The third kappa shape index (κ3) is 4.68. The molecule has 4 nitrogen and oxygen atoms in total. The highest BCUT2D eigenvalue weighted by atomic mass is 16.2. The summed E-state index contributed by atoms with van der Waals surface area (Å²) in [6, 6.07) is 18.7. The van der Waals surface area contributed by atoms with Crippen molar-refractivity contribution in [3.63, 3.8) is 0 Å². The average Bonchev–Trinajstić information content (AvgIpc) is 2.97. The fraction of sp³-hybridized carbons (Fsp3) is 0.381. The zero-order valence-corrected chi connectivity index (χ0v) is 14.8. The first-order valence-electron chi connectivity index (χ1n) is 8.97. The van der Waals surface area contributed by atoms with E-state index in [9.17, 15) is 4.79 Å². The minimum Gasteiger partial charge on any atom is -0.355 e. The number of hydrogen-bond donors (Lipinski definition) is 2. The summed E-state index contributed by atoms with van der Waals surface area (Å²) in [4.78, 5) is 14.4. The molecule has 0 unspecified atom stereocenters. The molecule has 1 aliphatic heterocycles. The van der Waals surface area contributed by atoms with Gasteiger partial charge >= 0.3 is 0 Å². The first-order chi connectivity index (χ1) is 12.1. The van der Waals surface area contributed by atoms with Crippen LogP contribution in [0, 0.1) is 6.92 Å². The Kier molecular flexibility index (Phi) is 5.84. The van der Waals surface area contributed by atoms with Gasteiger partial charge in [0.1, 0.15) is 0 Å². The lowest BCUT2D eigenvalue weighted by atomic mass is 9.95. The summed E-state index contributed by atoms with van der Waals surface area (Å²) in [5.74, 6) is 0.385. The Bertz CT molecular complexity index is 701. The molecule has 4 heteroatoms. The van der Waals surface area contributed by atoms with Crippen molar-refractivity contribution in [1.29, 1.82) is 0 Å². The summed E-state index contributed by atoms with van der Waals surface area (Å²) in [5, 5.41) is 3.03. The summed E-state index contributed by atoms with van der Waals surface area (Å²) < 4.78 is 0. The SMILES string of the molecule is Cc1ccccc1CCNC(=O)CN1C[C@@H](N)[C@H](c2ccccc2)C1. The normalized spacial score (nSPS) is 20.6. The minimum atomic E-state index is 0.0782. The molecule has 0 bridgehead atoms. The van der Waals surface area contributed by atoms with E-state index < -0.39 is 0 Å². The van der Waals surface area contributed by atoms with E-state index in [0.29, 0.717) is 19.0 Å². The first-order valence-corrected chi connectivity index (χ1v) is 8.97. The number of aryl methyl sites for hydroxylation is 1. The summed E-state index contributed by atoms with van der Waals surface area (Å²) in [7, 11) is 0. The second-order valence-corrected chi connectivity index (χ2v) is 6.90. The van der Waals surface area contributed by atoms with Crippen LogP contribution in [0.25, 0.3) is 0 Å². The van der Waals surface area contributed by atoms with E-state index in [0.717, 1.165) is 19.5 Å². The molecule has 0 radical (unpaired) electrons. The van der Waals surface area contributed by atoms with Crippen molar-refractivity contribution in [2.75, 3.05) is 26.2 Å². The van der Waals surface area contributed by atoms with E-state index in [1.807, 2.05) is 30.3 Å². The number of nitrogens with one attached hydrogen (secondary N) is 1. The lowest BCUT2D eigenvalue weighted by Gasteiger charge is -2.16. The molecule has 2 aromatic carbocycles. The molecule has 1 saturated heterocycles. The Morgan fingerprint density at radius 3 is 2.60 bits per heavy atom. The predicted molar refractivity (Wildman–Crippen MR) is 101 cm³/mol. The van der Waals surface area contributed by atoms with E-state index in [1.165, 1.54) is 16.7 Å². The maximum Gasteiger partial charge on any atom is 0.234 e. The number of hydrogen-bond acceptors (Lipinski definition) is 3. The zero-order chi connectivity index (χ0) is 17.6. The van der Waals surface area contributed by atoms with E-state index in [2.05, 4.69) is 41.4 Å². The van der Waals surface area contributed by atoms with Crippen LogP contribution in [0.15, 0.2) is 54.6 Å². The van der Waals surface area contributed by atoms with Gasteiger partial charge in [0.05, 0.1) is 6.54 Å². The van der Waals surface area contributed by atoms with Crippen LogP contribution in [0.2, 0.25) is 0 Å². The lowest BCUT2D eigenvalue weighted by molar-refractivity contribution is -0.122. The second-order valence-electron chi connectivity index (χ2n) is 6.90. The van der Waals surface area contributed by atoms with Crippen molar-refractivity contribution in [3.05, 3.63) is 71.3 Å². The number of nitrogens with zero attached hydrogens (tertiary/aromatic N) is 1. The van der Waals surface area contributed by atoms with Gasteiger partial charge in [0.2, 0.25) is 5.91 Å². The minimum absolute atomic E-state index is 0.0782. The number of rotatable bonds is 6. The highest BCUT2D eigenvalue weighted by molar-refractivity contribution is 5.78. The number of nitrogens with two attached hydrogens (primary N) is 1. The van der Waals surface area contributed by atoms with Crippen LogP contribution < -0.4 is 11.1 Å². The molecular formula is C21H27N3O.